The molecule has 44 heavy (non-hydrogen) atoms. The number of nitrogens with zero attached hydrogens (tertiary/aromatic N) is 2. The van der Waals surface area contributed by atoms with Gasteiger partial charge in [-0.3, -0.25) is 4.79 Å². The third-order valence-corrected chi connectivity index (χ3v) is 13.7. The van der Waals surface area contributed by atoms with E-state index in [0.29, 0.717) is 0 Å². The fourth-order valence-corrected chi connectivity index (χ4v) is 11.1. The van der Waals surface area contributed by atoms with Crippen molar-refractivity contribution in [1.82, 2.24) is 0 Å². The molecule has 0 N–H and O–H groups in total. The number of hydrogen-bond acceptors (Lipinski definition) is 2. The molecule has 1 heterocycles. The quantitative estimate of drug-likeness (QED) is 0.0929. The number of unbranched alkanes of at least 4 members (excludes halogenated alkanes) is 7. The van der Waals surface area contributed by atoms with Crippen LogP contribution >= 0.6 is 7.26 Å². The van der Waals surface area contributed by atoms with E-state index in [-0.39, 0.29) is 11.8 Å². The zero-order chi connectivity index (χ0) is 30.6. The highest BCUT2D eigenvalue weighted by Gasteiger charge is 2.44. The van der Waals surface area contributed by atoms with Gasteiger partial charge in [-0.15, -0.1) is 0 Å². The van der Waals surface area contributed by atoms with Crippen LogP contribution in [0.15, 0.2) is 120 Å². The molecule has 0 saturated carbocycles. The molecular weight excluding hydrogens is 555 g/mol. The topological polar surface area (TPSA) is 32.7 Å². The van der Waals surface area contributed by atoms with Crippen LogP contribution in [0.4, 0.5) is 5.69 Å². The van der Waals surface area contributed by atoms with Gasteiger partial charge in [-0.25, -0.2) is 5.01 Å². The average Bonchev–Trinajstić information content (AvgIpc) is 3.37. The van der Waals surface area contributed by atoms with E-state index in [1.165, 1.54) is 72.6 Å². The van der Waals surface area contributed by atoms with E-state index in [9.17, 15) is 4.79 Å². The molecule has 1 aliphatic rings. The second-order valence-corrected chi connectivity index (χ2v) is 15.7. The molecule has 5 rings (SSSR count). The zero-order valence-electron chi connectivity index (χ0n) is 26.6. The summed E-state index contributed by atoms with van der Waals surface area (Å²) in [5, 5.41) is 10.7. The first-order valence-corrected chi connectivity index (χ1v) is 18.6. The summed E-state index contributed by atoms with van der Waals surface area (Å²) in [6, 6.07) is 41.9. The Morgan fingerprint density at radius 1 is 0.636 bits per heavy atom. The number of amides is 1. The lowest BCUT2D eigenvalue weighted by molar-refractivity contribution is -0.119. The molecule has 0 aromatic heterocycles. The van der Waals surface area contributed by atoms with E-state index in [4.69, 9.17) is 0 Å². The molecule has 4 aromatic carbocycles. The van der Waals surface area contributed by atoms with E-state index < -0.39 is 7.26 Å². The van der Waals surface area contributed by atoms with Gasteiger partial charge in [0, 0.05) is 5.71 Å². The molecule has 0 aliphatic carbocycles. The van der Waals surface area contributed by atoms with Gasteiger partial charge in [0.2, 0.25) is 0 Å². The third-order valence-electron chi connectivity index (χ3n) is 9.16. The fraction of sp³-hybridized carbons (Fsp3) is 0.350. The first-order valence-electron chi connectivity index (χ1n) is 16.7. The van der Waals surface area contributed by atoms with E-state index in [1.54, 1.807) is 5.01 Å². The Hall–Kier alpha value is -3.55. The summed E-state index contributed by atoms with van der Waals surface area (Å²) in [7, 11) is -1.71. The number of aryl methyl sites for hydroxylation is 1. The summed E-state index contributed by atoms with van der Waals surface area (Å²) in [5.41, 5.74) is 3.08. The van der Waals surface area contributed by atoms with Gasteiger partial charge in [0.05, 0.1) is 17.8 Å². The van der Waals surface area contributed by atoms with Gasteiger partial charge in [0.25, 0.3) is 5.91 Å². The van der Waals surface area contributed by atoms with E-state index in [0.717, 1.165) is 30.7 Å². The molecule has 3 nitrogen and oxygen atoms in total. The molecule has 1 aliphatic heterocycles. The minimum absolute atomic E-state index is 0.0669. The number of carbonyl (C=O) groups is 1. The zero-order valence-corrected chi connectivity index (χ0v) is 27.5. The highest BCUT2D eigenvalue weighted by molar-refractivity contribution is 7.95. The summed E-state index contributed by atoms with van der Waals surface area (Å²) >= 11 is 0. The number of carbonyl (C=O) groups excluding carboxylic acids is 1. The van der Waals surface area contributed by atoms with Crippen LogP contribution in [0.2, 0.25) is 0 Å². The Bertz CT molecular complexity index is 1390. The monoisotopic (exact) mass is 603 g/mol. The van der Waals surface area contributed by atoms with Crippen molar-refractivity contribution in [3.05, 3.63) is 121 Å². The Balaban J connectivity index is 1.07. The Labute approximate surface area is 265 Å². The van der Waals surface area contributed by atoms with Gasteiger partial charge in [0.1, 0.15) is 23.2 Å². The molecule has 0 radical (unpaired) electrons. The SMILES string of the molecule is CCc1cccc(N2N=C(C)C(CCCCCCCCCC[P+](c3ccccc3)(c3ccccc3)c3ccccc3)C2=O)c1. The van der Waals surface area contributed by atoms with Crippen LogP contribution in [0.5, 0.6) is 0 Å². The van der Waals surface area contributed by atoms with Crippen LogP contribution in [-0.2, 0) is 11.2 Å². The average molecular weight is 604 g/mol. The van der Waals surface area contributed by atoms with Gasteiger partial charge in [-0.2, -0.15) is 5.10 Å². The minimum atomic E-state index is -1.71. The molecule has 0 fully saturated rings. The van der Waals surface area contributed by atoms with Gasteiger partial charge in [0.15, 0.2) is 0 Å². The van der Waals surface area contributed by atoms with Gasteiger partial charge < -0.3 is 0 Å². The van der Waals surface area contributed by atoms with Crippen LogP contribution < -0.4 is 20.9 Å². The maximum atomic E-state index is 13.1. The van der Waals surface area contributed by atoms with Crippen LogP contribution in [0, 0.1) is 5.92 Å². The summed E-state index contributed by atoms with van der Waals surface area (Å²) < 4.78 is 0. The predicted octanol–water partition coefficient (Wildman–Crippen LogP) is 9.09. The molecule has 0 saturated heterocycles. The molecule has 4 aromatic rings. The normalized spacial score (nSPS) is 15.0. The number of hydrogen-bond donors (Lipinski definition) is 0. The maximum absolute atomic E-state index is 13.1. The van der Waals surface area contributed by atoms with E-state index in [1.807, 2.05) is 19.1 Å². The summed E-state index contributed by atoms with van der Waals surface area (Å²) in [6.07, 6.45) is 13.0. The molecule has 1 amide bonds. The summed E-state index contributed by atoms with van der Waals surface area (Å²) in [5.74, 6) is 0.0684. The van der Waals surface area contributed by atoms with Crippen molar-refractivity contribution in [2.75, 3.05) is 11.2 Å². The van der Waals surface area contributed by atoms with E-state index in [2.05, 4.69) is 115 Å². The first kappa shape index (κ1) is 31.9. The van der Waals surface area contributed by atoms with Crippen LogP contribution in [0.25, 0.3) is 0 Å². The number of benzene rings is 4. The molecule has 228 valence electrons. The lowest BCUT2D eigenvalue weighted by Crippen LogP contribution is -2.33. The number of rotatable bonds is 16. The predicted molar refractivity (Wildman–Crippen MR) is 191 cm³/mol. The van der Waals surface area contributed by atoms with Crippen molar-refractivity contribution in [2.24, 2.45) is 11.0 Å². The Morgan fingerprint density at radius 2 is 1.14 bits per heavy atom. The molecule has 1 unspecified atom stereocenters. The van der Waals surface area contributed by atoms with Gasteiger partial charge in [-0.05, 0) is 86.7 Å². The lowest BCUT2D eigenvalue weighted by Gasteiger charge is -2.27. The van der Waals surface area contributed by atoms with Crippen LogP contribution in [0.3, 0.4) is 0 Å². The van der Waals surface area contributed by atoms with E-state index >= 15 is 0 Å². The lowest BCUT2D eigenvalue weighted by atomic mass is 9.96. The molecular formula is C40H48N2OP+. The smallest absolute Gasteiger partial charge is 0.256 e. The van der Waals surface area contributed by atoms with Crippen molar-refractivity contribution < 1.29 is 4.79 Å². The first-order chi connectivity index (χ1) is 21.6. The van der Waals surface area contributed by atoms with Crippen LogP contribution in [-0.4, -0.2) is 17.8 Å². The fourth-order valence-electron chi connectivity index (χ4n) is 6.67. The maximum Gasteiger partial charge on any atom is 0.256 e. The minimum Gasteiger partial charge on any atom is -0.272 e. The van der Waals surface area contributed by atoms with Crippen molar-refractivity contribution in [1.29, 1.82) is 0 Å². The van der Waals surface area contributed by atoms with Crippen molar-refractivity contribution >= 4 is 40.5 Å². The number of anilines is 1. The van der Waals surface area contributed by atoms with Crippen molar-refractivity contribution in [3.63, 3.8) is 0 Å². The van der Waals surface area contributed by atoms with Crippen LogP contribution in [0.1, 0.15) is 77.2 Å². The second kappa shape index (κ2) is 16.0. The largest absolute Gasteiger partial charge is 0.272 e. The molecule has 0 bridgehead atoms. The summed E-state index contributed by atoms with van der Waals surface area (Å²) in [4.78, 5) is 13.1. The Morgan fingerprint density at radius 3 is 1.66 bits per heavy atom. The molecule has 4 heteroatoms. The third kappa shape index (κ3) is 7.56. The highest BCUT2D eigenvalue weighted by atomic mass is 31.2. The second-order valence-electron chi connectivity index (χ2n) is 12.1. The van der Waals surface area contributed by atoms with Gasteiger partial charge in [-0.1, -0.05) is 112 Å². The summed E-state index contributed by atoms with van der Waals surface area (Å²) in [6.45, 7) is 4.15. The molecule has 0 spiro atoms. The molecule has 1 atom stereocenters. The highest BCUT2D eigenvalue weighted by Crippen LogP contribution is 2.56. The van der Waals surface area contributed by atoms with Gasteiger partial charge >= 0.3 is 0 Å². The van der Waals surface area contributed by atoms with Crippen molar-refractivity contribution in [3.8, 4) is 0 Å². The number of hydrazone groups is 1. The van der Waals surface area contributed by atoms with Crippen molar-refractivity contribution in [2.45, 2.75) is 78.1 Å². The standard InChI is InChI=1S/C40H48N2OP/c1-3-34-22-21-23-35(32-34)42-40(43)39(33(2)41-42)30-19-8-6-4-5-7-9-20-31-44(36-24-13-10-14-25-36,37-26-15-11-16-27-37)38-28-17-12-18-29-38/h10-18,21-29,32,39H,3-9,19-20,30-31H2,1-2H3/q+1. The Kier molecular flexibility index (Phi) is 11.6.